The number of nitrogens with zero attached hydrogens (tertiary/aromatic N) is 3. The van der Waals surface area contributed by atoms with Crippen LogP contribution in [0.2, 0.25) is 0 Å². The second kappa shape index (κ2) is 7.18. The zero-order valence-electron chi connectivity index (χ0n) is 17.1. The molecule has 1 aliphatic carbocycles. The first-order valence-corrected chi connectivity index (χ1v) is 11.0. The lowest BCUT2D eigenvalue weighted by molar-refractivity contribution is -0.153. The van der Waals surface area contributed by atoms with Crippen LogP contribution in [-0.2, 0) is 11.3 Å². The molecule has 0 radical (unpaired) electrons. The minimum absolute atomic E-state index is 0.0188. The highest BCUT2D eigenvalue weighted by Gasteiger charge is 2.45. The summed E-state index contributed by atoms with van der Waals surface area (Å²) >= 11 is 0. The summed E-state index contributed by atoms with van der Waals surface area (Å²) in [6.45, 7) is 1.86. The SMILES string of the molecule is O=C(c1ccc2n(c1=O)C[C@H]1C[C@@H]2CN(C(=O)C2(O)CCCC2)C1)N1CC[C@H](F)C1. The second-order valence-electron chi connectivity index (χ2n) is 9.47. The van der Waals surface area contributed by atoms with Crippen molar-refractivity contribution in [2.75, 3.05) is 26.2 Å². The number of hydrogen-bond donors (Lipinski definition) is 1. The van der Waals surface area contributed by atoms with Gasteiger partial charge in [0, 0.05) is 37.8 Å². The van der Waals surface area contributed by atoms with E-state index >= 15 is 0 Å². The molecule has 1 saturated carbocycles. The number of rotatable bonds is 2. The summed E-state index contributed by atoms with van der Waals surface area (Å²) in [7, 11) is 0. The summed E-state index contributed by atoms with van der Waals surface area (Å²) in [6.07, 6.45) is 2.98. The summed E-state index contributed by atoms with van der Waals surface area (Å²) in [5.74, 6) is -0.431. The Balaban J connectivity index is 1.39. The largest absolute Gasteiger partial charge is 0.380 e. The standard InChI is InChI=1S/C22H28FN3O4/c23-16-5-8-24(13-16)19(27)17-3-4-18-15-9-14(11-26(18)20(17)28)10-25(12-15)21(29)22(30)6-1-2-7-22/h3-4,14-16,30H,1-2,5-13H2/t14-,15+,16-/m0/s1. The fourth-order valence-corrected chi connectivity index (χ4v) is 5.81. The number of carbonyl (C=O) groups is 2. The van der Waals surface area contributed by atoms with Crippen LogP contribution in [-0.4, -0.2) is 69.2 Å². The van der Waals surface area contributed by atoms with Crippen molar-refractivity contribution in [2.24, 2.45) is 5.92 Å². The minimum atomic E-state index is -1.23. The molecule has 2 amide bonds. The topological polar surface area (TPSA) is 82.8 Å². The van der Waals surface area contributed by atoms with Crippen LogP contribution in [0.5, 0.6) is 0 Å². The van der Waals surface area contributed by atoms with E-state index in [4.69, 9.17) is 0 Å². The highest BCUT2D eigenvalue weighted by atomic mass is 19.1. The summed E-state index contributed by atoms with van der Waals surface area (Å²) < 4.78 is 15.2. The van der Waals surface area contributed by atoms with Crippen molar-refractivity contribution in [3.8, 4) is 0 Å². The number of pyridine rings is 1. The third-order valence-corrected chi connectivity index (χ3v) is 7.37. The van der Waals surface area contributed by atoms with Crippen molar-refractivity contribution in [2.45, 2.75) is 62.8 Å². The molecule has 3 fully saturated rings. The second-order valence-corrected chi connectivity index (χ2v) is 9.47. The molecule has 7 nitrogen and oxygen atoms in total. The van der Waals surface area contributed by atoms with Gasteiger partial charge < -0.3 is 19.5 Å². The fraction of sp³-hybridized carbons (Fsp3) is 0.682. The van der Waals surface area contributed by atoms with Crippen LogP contribution in [0.1, 0.15) is 60.5 Å². The van der Waals surface area contributed by atoms with Gasteiger partial charge in [-0.15, -0.1) is 0 Å². The molecular weight excluding hydrogens is 389 g/mol. The van der Waals surface area contributed by atoms with Crippen molar-refractivity contribution in [3.63, 3.8) is 0 Å². The molecule has 3 atom stereocenters. The third-order valence-electron chi connectivity index (χ3n) is 7.37. The van der Waals surface area contributed by atoms with Gasteiger partial charge in [-0.2, -0.15) is 0 Å². The van der Waals surface area contributed by atoms with Gasteiger partial charge in [-0.05, 0) is 56.6 Å². The Morgan fingerprint density at radius 2 is 1.83 bits per heavy atom. The number of hydrogen-bond acceptors (Lipinski definition) is 4. The molecule has 4 heterocycles. The van der Waals surface area contributed by atoms with Crippen LogP contribution in [0.25, 0.3) is 0 Å². The highest BCUT2D eigenvalue weighted by molar-refractivity contribution is 5.94. The smallest absolute Gasteiger partial charge is 0.263 e. The van der Waals surface area contributed by atoms with Gasteiger partial charge in [-0.25, -0.2) is 4.39 Å². The maximum absolute atomic E-state index is 13.5. The molecule has 5 rings (SSSR count). The quantitative estimate of drug-likeness (QED) is 0.786. The Labute approximate surface area is 174 Å². The molecule has 2 saturated heterocycles. The van der Waals surface area contributed by atoms with Crippen LogP contribution in [0.3, 0.4) is 0 Å². The summed E-state index contributed by atoms with van der Waals surface area (Å²) in [6, 6.07) is 3.38. The number of halogens is 1. The summed E-state index contributed by atoms with van der Waals surface area (Å²) in [4.78, 5) is 42.0. The lowest BCUT2D eigenvalue weighted by Crippen LogP contribution is -2.55. The van der Waals surface area contributed by atoms with E-state index in [2.05, 4.69) is 0 Å². The van der Waals surface area contributed by atoms with Crippen molar-refractivity contribution >= 4 is 11.8 Å². The molecule has 8 heteroatoms. The predicted molar refractivity (Wildman–Crippen MR) is 107 cm³/mol. The van der Waals surface area contributed by atoms with Crippen LogP contribution < -0.4 is 5.56 Å². The first-order chi connectivity index (χ1) is 14.4. The Bertz CT molecular complexity index is 939. The molecule has 30 heavy (non-hydrogen) atoms. The van der Waals surface area contributed by atoms with E-state index in [-0.39, 0.29) is 35.4 Å². The zero-order chi connectivity index (χ0) is 21.0. The number of carbonyl (C=O) groups excluding carboxylic acids is 2. The van der Waals surface area contributed by atoms with Crippen LogP contribution in [0.4, 0.5) is 4.39 Å². The first kappa shape index (κ1) is 19.7. The maximum Gasteiger partial charge on any atom is 0.263 e. The van der Waals surface area contributed by atoms with E-state index in [1.54, 1.807) is 15.5 Å². The van der Waals surface area contributed by atoms with Crippen LogP contribution >= 0.6 is 0 Å². The molecule has 3 aliphatic heterocycles. The number of aliphatic hydroxyl groups is 1. The van der Waals surface area contributed by atoms with Crippen molar-refractivity contribution in [1.29, 1.82) is 0 Å². The molecule has 162 valence electrons. The number of alkyl halides is 1. The molecule has 2 bridgehead atoms. The Hall–Kier alpha value is -2.22. The molecular formula is C22H28FN3O4. The van der Waals surface area contributed by atoms with Crippen molar-refractivity contribution in [3.05, 3.63) is 33.7 Å². The number of aromatic nitrogens is 1. The normalized spacial score (nSPS) is 29.7. The Kier molecular flexibility index (Phi) is 4.72. The van der Waals surface area contributed by atoms with E-state index in [0.29, 0.717) is 45.4 Å². The lowest BCUT2D eigenvalue weighted by atomic mass is 9.82. The van der Waals surface area contributed by atoms with E-state index in [9.17, 15) is 23.9 Å². The van der Waals surface area contributed by atoms with Crippen LogP contribution in [0.15, 0.2) is 16.9 Å². The van der Waals surface area contributed by atoms with E-state index < -0.39 is 17.7 Å². The van der Waals surface area contributed by atoms with Gasteiger partial charge in [-0.1, -0.05) is 0 Å². The van der Waals surface area contributed by atoms with Gasteiger partial charge in [0.2, 0.25) is 0 Å². The van der Waals surface area contributed by atoms with Crippen molar-refractivity contribution in [1.82, 2.24) is 14.4 Å². The lowest BCUT2D eigenvalue weighted by Gasteiger charge is -2.44. The molecule has 0 unspecified atom stereocenters. The summed E-state index contributed by atoms with van der Waals surface area (Å²) in [5, 5.41) is 10.7. The van der Waals surface area contributed by atoms with Gasteiger partial charge in [0.1, 0.15) is 17.3 Å². The van der Waals surface area contributed by atoms with Crippen LogP contribution in [0, 0.1) is 5.92 Å². The predicted octanol–water partition coefficient (Wildman–Crippen LogP) is 1.28. The fourth-order valence-electron chi connectivity index (χ4n) is 5.81. The van der Waals surface area contributed by atoms with Gasteiger partial charge in [0.05, 0.1) is 6.54 Å². The number of piperidine rings is 1. The van der Waals surface area contributed by atoms with Gasteiger partial charge in [-0.3, -0.25) is 14.4 Å². The molecule has 1 N–H and O–H groups in total. The third kappa shape index (κ3) is 3.16. The molecule has 4 aliphatic rings. The van der Waals surface area contributed by atoms with Gasteiger partial charge >= 0.3 is 0 Å². The van der Waals surface area contributed by atoms with E-state index in [1.807, 2.05) is 6.07 Å². The van der Waals surface area contributed by atoms with E-state index in [1.165, 1.54) is 4.90 Å². The first-order valence-electron chi connectivity index (χ1n) is 11.0. The highest BCUT2D eigenvalue weighted by Crippen LogP contribution is 2.38. The van der Waals surface area contributed by atoms with Crippen molar-refractivity contribution < 1.29 is 19.1 Å². The maximum atomic E-state index is 13.5. The number of fused-ring (bicyclic) bond motifs is 4. The minimum Gasteiger partial charge on any atom is -0.380 e. The monoisotopic (exact) mass is 417 g/mol. The van der Waals surface area contributed by atoms with E-state index in [0.717, 1.165) is 25.0 Å². The number of likely N-dealkylation sites (tertiary alicyclic amines) is 2. The number of amides is 2. The average Bonchev–Trinajstić information content (AvgIpc) is 3.37. The molecule has 0 spiro atoms. The Morgan fingerprint density at radius 3 is 2.53 bits per heavy atom. The average molecular weight is 417 g/mol. The molecule has 0 aromatic carbocycles. The van der Waals surface area contributed by atoms with Gasteiger partial charge in [0.25, 0.3) is 17.4 Å². The van der Waals surface area contributed by atoms with Gasteiger partial charge in [0.15, 0.2) is 0 Å². The molecule has 1 aromatic heterocycles. The zero-order valence-corrected chi connectivity index (χ0v) is 17.1. The Morgan fingerprint density at radius 1 is 1.07 bits per heavy atom. The summed E-state index contributed by atoms with van der Waals surface area (Å²) in [5.41, 5.74) is -0.607. The molecule has 1 aromatic rings.